The average Bonchev–Trinajstić information content (AvgIpc) is 2.55. The fraction of sp³-hybridized carbons (Fsp3) is 0.368. The minimum atomic E-state index is -2.57. The monoisotopic (exact) mass is 395 g/mol. The molecule has 0 N–H and O–H groups in total. The van der Waals surface area contributed by atoms with Crippen molar-refractivity contribution in [3.8, 4) is 5.75 Å². The Morgan fingerprint density at radius 1 is 1.08 bits per heavy atom. The third-order valence-corrected chi connectivity index (χ3v) is 4.77. The molecule has 0 aromatic heterocycles. The summed E-state index contributed by atoms with van der Waals surface area (Å²) in [7, 11) is 0. The molecule has 3 rings (SSSR count). The Hall–Kier alpha value is -1.46. The second-order valence-electron chi connectivity index (χ2n) is 6.21. The minimum Gasteiger partial charge on any atom is -0.488 e. The molecular formula is C19H20BrF2NO. The van der Waals surface area contributed by atoms with Gasteiger partial charge in [-0.1, -0.05) is 36.4 Å². The van der Waals surface area contributed by atoms with Gasteiger partial charge in [0.05, 0.1) is 11.0 Å². The van der Waals surface area contributed by atoms with Crippen LogP contribution < -0.4 is 4.74 Å². The molecule has 0 saturated carbocycles. The number of likely N-dealkylation sites (tertiary alicyclic amines) is 1. The van der Waals surface area contributed by atoms with Gasteiger partial charge in [-0.2, -0.15) is 0 Å². The Balaban J connectivity index is 1.65. The molecular weight excluding hydrogens is 376 g/mol. The van der Waals surface area contributed by atoms with Gasteiger partial charge in [0.1, 0.15) is 12.4 Å². The summed E-state index contributed by atoms with van der Waals surface area (Å²) in [6.07, 6.45) is 0.538. The lowest BCUT2D eigenvalue weighted by Crippen LogP contribution is -2.41. The van der Waals surface area contributed by atoms with E-state index in [0.29, 0.717) is 26.1 Å². The lowest BCUT2D eigenvalue weighted by molar-refractivity contribution is -0.0661. The summed E-state index contributed by atoms with van der Waals surface area (Å²) >= 11 is 3.49. The van der Waals surface area contributed by atoms with Gasteiger partial charge in [-0.25, -0.2) is 8.78 Å². The van der Waals surface area contributed by atoms with Crippen LogP contribution in [0, 0.1) is 0 Å². The van der Waals surface area contributed by atoms with E-state index in [4.69, 9.17) is 4.74 Å². The molecule has 0 spiro atoms. The zero-order chi connectivity index (χ0) is 17.0. The number of rotatable bonds is 5. The predicted octanol–water partition coefficient (Wildman–Crippen LogP) is 5.26. The summed E-state index contributed by atoms with van der Waals surface area (Å²) in [6.45, 7) is 1.55. The molecule has 2 nitrogen and oxygen atoms in total. The van der Waals surface area contributed by atoms with Gasteiger partial charge in [0, 0.05) is 13.0 Å². The summed E-state index contributed by atoms with van der Waals surface area (Å²) < 4.78 is 33.8. The molecule has 24 heavy (non-hydrogen) atoms. The highest BCUT2D eigenvalue weighted by molar-refractivity contribution is 9.10. The summed E-state index contributed by atoms with van der Waals surface area (Å²) in [5.41, 5.74) is 2.07. The van der Waals surface area contributed by atoms with E-state index in [9.17, 15) is 8.78 Å². The van der Waals surface area contributed by atoms with E-state index < -0.39 is 5.92 Å². The van der Waals surface area contributed by atoms with E-state index in [1.165, 1.54) is 0 Å². The number of hydrogen-bond donors (Lipinski definition) is 0. The molecule has 2 aromatic rings. The van der Waals surface area contributed by atoms with Crippen LogP contribution >= 0.6 is 15.9 Å². The van der Waals surface area contributed by atoms with Crippen molar-refractivity contribution in [3.05, 3.63) is 64.1 Å². The van der Waals surface area contributed by atoms with Gasteiger partial charge >= 0.3 is 0 Å². The average molecular weight is 396 g/mol. The van der Waals surface area contributed by atoms with Gasteiger partial charge in [-0.05, 0) is 52.2 Å². The van der Waals surface area contributed by atoms with E-state index in [0.717, 1.165) is 21.3 Å². The molecule has 1 saturated heterocycles. The Kier molecular flexibility index (Phi) is 5.51. The molecule has 1 aliphatic heterocycles. The summed E-state index contributed by atoms with van der Waals surface area (Å²) in [5, 5.41) is 0. The molecule has 1 heterocycles. The normalized spacial score (nSPS) is 17.6. The zero-order valence-electron chi connectivity index (χ0n) is 13.4. The van der Waals surface area contributed by atoms with Crippen LogP contribution in [0.4, 0.5) is 8.78 Å². The molecule has 0 atom stereocenters. The highest BCUT2D eigenvalue weighted by atomic mass is 79.9. The van der Waals surface area contributed by atoms with Gasteiger partial charge in [0.2, 0.25) is 0 Å². The molecule has 0 amide bonds. The van der Waals surface area contributed by atoms with Gasteiger partial charge in [-0.15, -0.1) is 0 Å². The number of halogens is 3. The van der Waals surface area contributed by atoms with E-state index in [2.05, 4.69) is 15.9 Å². The Labute approximate surface area is 149 Å². The molecule has 2 aromatic carbocycles. The summed E-state index contributed by atoms with van der Waals surface area (Å²) in [4.78, 5) is 1.81. The van der Waals surface area contributed by atoms with Crippen molar-refractivity contribution in [2.24, 2.45) is 0 Å². The molecule has 5 heteroatoms. The zero-order valence-corrected chi connectivity index (χ0v) is 14.9. The third-order valence-electron chi connectivity index (χ3n) is 4.11. The van der Waals surface area contributed by atoms with Gasteiger partial charge in [0.25, 0.3) is 5.92 Å². The Morgan fingerprint density at radius 2 is 1.88 bits per heavy atom. The summed E-state index contributed by atoms with van der Waals surface area (Å²) in [5.74, 6) is -1.83. The second kappa shape index (κ2) is 7.62. The fourth-order valence-corrected chi connectivity index (χ4v) is 3.29. The van der Waals surface area contributed by atoms with Gasteiger partial charge in [0.15, 0.2) is 0 Å². The first-order valence-corrected chi connectivity index (χ1v) is 8.86. The fourth-order valence-electron chi connectivity index (χ4n) is 2.93. The first-order valence-electron chi connectivity index (χ1n) is 8.07. The third kappa shape index (κ3) is 4.77. The molecule has 0 radical (unpaired) electrons. The number of alkyl halides is 2. The number of piperidine rings is 1. The van der Waals surface area contributed by atoms with Crippen LogP contribution in [0.25, 0.3) is 0 Å². The van der Waals surface area contributed by atoms with Crippen LogP contribution in [-0.4, -0.2) is 23.9 Å². The Bertz CT molecular complexity index is 678. The van der Waals surface area contributed by atoms with Crippen LogP contribution in [0.1, 0.15) is 24.0 Å². The Morgan fingerprint density at radius 3 is 2.62 bits per heavy atom. The highest BCUT2D eigenvalue weighted by Gasteiger charge is 2.34. The molecule has 0 unspecified atom stereocenters. The van der Waals surface area contributed by atoms with Crippen molar-refractivity contribution in [2.75, 3.05) is 13.1 Å². The second-order valence-corrected chi connectivity index (χ2v) is 7.06. The van der Waals surface area contributed by atoms with Crippen molar-refractivity contribution in [1.82, 2.24) is 4.90 Å². The van der Waals surface area contributed by atoms with E-state index in [-0.39, 0.29) is 13.0 Å². The molecule has 0 bridgehead atoms. The predicted molar refractivity (Wildman–Crippen MR) is 94.4 cm³/mol. The maximum absolute atomic E-state index is 13.5. The molecule has 0 aliphatic carbocycles. The van der Waals surface area contributed by atoms with Gasteiger partial charge in [-0.3, -0.25) is 4.90 Å². The molecule has 1 fully saturated rings. The molecule has 128 valence electrons. The topological polar surface area (TPSA) is 12.5 Å². The number of benzene rings is 2. The standard InChI is InChI=1S/C19H20BrF2NO/c20-17-8-7-16(12-23-10-4-9-19(21,22)14-23)11-18(17)24-13-15-5-2-1-3-6-15/h1-3,5-8,11H,4,9-10,12-14H2. The quantitative estimate of drug-likeness (QED) is 0.684. The maximum atomic E-state index is 13.5. The minimum absolute atomic E-state index is 0.00469. The van der Waals surface area contributed by atoms with Crippen molar-refractivity contribution < 1.29 is 13.5 Å². The van der Waals surface area contributed by atoms with Gasteiger partial charge < -0.3 is 4.74 Å². The van der Waals surface area contributed by atoms with Crippen LogP contribution in [0.2, 0.25) is 0 Å². The van der Waals surface area contributed by atoms with Crippen LogP contribution in [0.15, 0.2) is 53.0 Å². The lowest BCUT2D eigenvalue weighted by Gasteiger charge is -2.32. The van der Waals surface area contributed by atoms with Crippen molar-refractivity contribution in [1.29, 1.82) is 0 Å². The van der Waals surface area contributed by atoms with Crippen LogP contribution in [-0.2, 0) is 13.2 Å². The number of nitrogens with zero attached hydrogens (tertiary/aromatic N) is 1. The highest BCUT2D eigenvalue weighted by Crippen LogP contribution is 2.30. The van der Waals surface area contributed by atoms with Crippen molar-refractivity contribution in [3.63, 3.8) is 0 Å². The van der Waals surface area contributed by atoms with E-state index in [1.54, 1.807) is 0 Å². The van der Waals surface area contributed by atoms with Crippen molar-refractivity contribution in [2.45, 2.75) is 31.9 Å². The van der Waals surface area contributed by atoms with E-state index >= 15 is 0 Å². The number of ether oxygens (including phenoxy) is 1. The first-order chi connectivity index (χ1) is 11.5. The smallest absolute Gasteiger partial charge is 0.260 e. The number of hydrogen-bond acceptors (Lipinski definition) is 2. The summed E-state index contributed by atoms with van der Waals surface area (Å²) in [6, 6.07) is 15.7. The van der Waals surface area contributed by atoms with Crippen LogP contribution in [0.5, 0.6) is 5.75 Å². The van der Waals surface area contributed by atoms with Crippen LogP contribution in [0.3, 0.4) is 0 Å². The maximum Gasteiger partial charge on any atom is 0.260 e. The lowest BCUT2D eigenvalue weighted by atomic mass is 10.1. The SMILES string of the molecule is FC1(F)CCCN(Cc2ccc(Br)c(OCc3ccccc3)c2)C1. The van der Waals surface area contributed by atoms with E-state index in [1.807, 2.05) is 53.4 Å². The van der Waals surface area contributed by atoms with Crippen molar-refractivity contribution >= 4 is 15.9 Å². The first kappa shape index (κ1) is 17.4. The molecule has 1 aliphatic rings. The largest absolute Gasteiger partial charge is 0.488 e.